The van der Waals surface area contributed by atoms with Gasteiger partial charge in [0, 0.05) is 19.3 Å². The Morgan fingerprint density at radius 2 is 1.93 bits per heavy atom. The average molecular weight is 366 g/mol. The molecule has 1 aromatic carbocycles. The van der Waals surface area contributed by atoms with Crippen molar-refractivity contribution in [1.29, 1.82) is 5.26 Å². The minimum atomic E-state index is -0.664. The topological polar surface area (TPSA) is 101 Å². The first kappa shape index (κ1) is 18.5. The fourth-order valence-corrected chi connectivity index (χ4v) is 3.35. The predicted octanol–water partition coefficient (Wildman–Crippen LogP) is 2.59. The summed E-state index contributed by atoms with van der Waals surface area (Å²) in [4.78, 5) is 27.2. The van der Waals surface area contributed by atoms with Crippen LogP contribution in [0.5, 0.6) is 0 Å². The molecule has 0 bridgehead atoms. The lowest BCUT2D eigenvalue weighted by Crippen LogP contribution is -2.38. The second-order valence-electron chi connectivity index (χ2n) is 6.77. The number of nitrogens with zero attached hydrogens (tertiary/aromatic N) is 3. The van der Waals surface area contributed by atoms with E-state index >= 15 is 0 Å². The van der Waals surface area contributed by atoms with E-state index in [4.69, 9.17) is 10.5 Å². The Hall–Kier alpha value is -3.27. The highest BCUT2D eigenvalue weighted by Crippen LogP contribution is 2.28. The van der Waals surface area contributed by atoms with Crippen LogP contribution >= 0.6 is 0 Å². The zero-order valence-electron chi connectivity index (χ0n) is 15.4. The van der Waals surface area contributed by atoms with Crippen LogP contribution in [0, 0.1) is 17.2 Å². The van der Waals surface area contributed by atoms with Crippen molar-refractivity contribution in [2.75, 3.05) is 25.9 Å². The molecule has 3 rings (SSSR count). The highest BCUT2D eigenvalue weighted by atomic mass is 16.5. The van der Waals surface area contributed by atoms with E-state index in [1.165, 1.54) is 17.9 Å². The molecule has 2 aromatic rings. The van der Waals surface area contributed by atoms with Crippen LogP contribution in [0.2, 0.25) is 0 Å². The molecule has 0 saturated carbocycles. The zero-order chi connectivity index (χ0) is 19.6. The van der Waals surface area contributed by atoms with Crippen molar-refractivity contribution in [2.45, 2.75) is 19.8 Å². The molecule has 1 fully saturated rings. The van der Waals surface area contributed by atoms with Crippen molar-refractivity contribution in [3.8, 4) is 11.8 Å². The monoisotopic (exact) mass is 366 g/mol. The summed E-state index contributed by atoms with van der Waals surface area (Å²) in [6.45, 7) is 3.59. The van der Waals surface area contributed by atoms with Gasteiger partial charge in [-0.05, 0) is 30.9 Å². The van der Waals surface area contributed by atoms with Crippen LogP contribution in [0.15, 0.2) is 30.5 Å². The van der Waals surface area contributed by atoms with Gasteiger partial charge in [0.05, 0.1) is 29.6 Å². The summed E-state index contributed by atoms with van der Waals surface area (Å²) >= 11 is 0. The number of likely N-dealkylation sites (tertiary alicyclic amines) is 1. The lowest BCUT2D eigenvalue weighted by atomic mass is 9.98. The number of nitrogens with two attached hydrogens (primary N) is 1. The van der Waals surface area contributed by atoms with Crippen molar-refractivity contribution in [3.05, 3.63) is 47.3 Å². The molecule has 27 heavy (non-hydrogen) atoms. The largest absolute Gasteiger partial charge is 0.464 e. The average Bonchev–Trinajstić information content (AvgIpc) is 3.03. The number of nitrogen functional groups attached to an aromatic ring is 1. The Morgan fingerprint density at radius 3 is 2.56 bits per heavy atom. The molecule has 1 saturated heterocycles. The van der Waals surface area contributed by atoms with E-state index in [1.807, 2.05) is 11.0 Å². The molecule has 1 aromatic heterocycles. The van der Waals surface area contributed by atoms with Crippen molar-refractivity contribution < 1.29 is 14.3 Å². The molecule has 2 N–H and O–H groups in total. The normalized spacial score (nSPS) is 14.6. The Bertz CT molecular complexity index is 918. The van der Waals surface area contributed by atoms with Crippen LogP contribution in [0.1, 0.15) is 46.2 Å². The number of amides is 1. The summed E-state index contributed by atoms with van der Waals surface area (Å²) < 4.78 is 6.29. The van der Waals surface area contributed by atoms with Crippen molar-refractivity contribution in [1.82, 2.24) is 9.47 Å². The number of hydrogen-bond donors (Lipinski definition) is 1. The van der Waals surface area contributed by atoms with Gasteiger partial charge in [0.25, 0.3) is 5.91 Å². The summed E-state index contributed by atoms with van der Waals surface area (Å²) in [5.74, 6) is -0.153. The van der Waals surface area contributed by atoms with Crippen LogP contribution in [-0.4, -0.2) is 41.5 Å². The lowest BCUT2D eigenvalue weighted by molar-refractivity contribution is 0.0591. The maximum absolute atomic E-state index is 13.1. The summed E-state index contributed by atoms with van der Waals surface area (Å²) in [6, 6.07) is 8.97. The van der Waals surface area contributed by atoms with E-state index in [0.717, 1.165) is 12.8 Å². The smallest absolute Gasteiger partial charge is 0.357 e. The molecule has 0 radical (unpaired) electrons. The number of nitriles is 1. The minimum absolute atomic E-state index is 0.0402. The first-order valence-corrected chi connectivity index (χ1v) is 8.85. The number of carbonyl (C=O) groups excluding carboxylic acids is 2. The summed E-state index contributed by atoms with van der Waals surface area (Å²) in [5, 5.41) is 9.29. The van der Waals surface area contributed by atoms with Gasteiger partial charge in [0.15, 0.2) is 5.69 Å². The number of para-hydroxylation sites is 1. The number of hydrogen-bond acceptors (Lipinski definition) is 5. The Labute approximate surface area is 157 Å². The predicted molar refractivity (Wildman–Crippen MR) is 101 cm³/mol. The molecule has 2 heterocycles. The number of carbonyl (C=O) groups is 2. The number of esters is 1. The Kier molecular flexibility index (Phi) is 5.17. The van der Waals surface area contributed by atoms with Gasteiger partial charge < -0.3 is 19.9 Å². The van der Waals surface area contributed by atoms with Gasteiger partial charge in [-0.15, -0.1) is 0 Å². The number of ether oxygens (including phenoxy) is 1. The molecule has 140 valence electrons. The van der Waals surface area contributed by atoms with Crippen LogP contribution in [0.25, 0.3) is 5.69 Å². The Balaban J connectivity index is 2.08. The SMILES string of the molecule is COC(=O)c1c(N)c(C#N)cn1-c1ccccc1C(=O)N1CCC(C)CC1. The minimum Gasteiger partial charge on any atom is -0.464 e. The van der Waals surface area contributed by atoms with Gasteiger partial charge in [0.2, 0.25) is 0 Å². The quantitative estimate of drug-likeness (QED) is 0.841. The first-order valence-electron chi connectivity index (χ1n) is 8.85. The third kappa shape index (κ3) is 3.38. The molecule has 7 heteroatoms. The Morgan fingerprint density at radius 1 is 1.26 bits per heavy atom. The standard InChI is InChI=1S/C20H22N4O3/c1-13-7-9-23(10-8-13)19(25)15-5-3-4-6-16(15)24-12-14(11-21)17(22)18(24)20(26)27-2/h3-6,12-13H,7-10,22H2,1-2H3. The molecule has 1 aliphatic rings. The highest BCUT2D eigenvalue weighted by Gasteiger charge is 2.27. The molecule has 0 unspecified atom stereocenters. The van der Waals surface area contributed by atoms with E-state index in [-0.39, 0.29) is 22.9 Å². The third-order valence-corrected chi connectivity index (χ3v) is 5.01. The van der Waals surface area contributed by atoms with Gasteiger partial charge in [-0.1, -0.05) is 19.1 Å². The summed E-state index contributed by atoms with van der Waals surface area (Å²) in [6.07, 6.45) is 3.40. The second kappa shape index (κ2) is 7.54. The molecule has 1 aliphatic heterocycles. The fourth-order valence-electron chi connectivity index (χ4n) is 3.35. The van der Waals surface area contributed by atoms with Crippen LogP contribution in [0.3, 0.4) is 0 Å². The maximum Gasteiger partial charge on any atom is 0.357 e. The van der Waals surface area contributed by atoms with E-state index in [9.17, 15) is 14.9 Å². The lowest BCUT2D eigenvalue weighted by Gasteiger charge is -2.31. The highest BCUT2D eigenvalue weighted by molar-refractivity contribution is 6.00. The molecule has 0 atom stereocenters. The van der Waals surface area contributed by atoms with Gasteiger partial charge in [-0.3, -0.25) is 4.79 Å². The number of anilines is 1. The first-order chi connectivity index (χ1) is 13.0. The molecule has 0 spiro atoms. The zero-order valence-corrected chi connectivity index (χ0v) is 15.4. The van der Waals surface area contributed by atoms with E-state index < -0.39 is 5.97 Å². The number of piperidine rings is 1. The maximum atomic E-state index is 13.1. The van der Waals surface area contributed by atoms with Crippen molar-refractivity contribution in [3.63, 3.8) is 0 Å². The van der Waals surface area contributed by atoms with Crippen LogP contribution < -0.4 is 5.73 Å². The van der Waals surface area contributed by atoms with Gasteiger partial charge in [-0.25, -0.2) is 4.79 Å². The molecule has 1 amide bonds. The van der Waals surface area contributed by atoms with E-state index in [2.05, 4.69) is 6.92 Å². The van der Waals surface area contributed by atoms with E-state index in [0.29, 0.717) is 30.3 Å². The van der Waals surface area contributed by atoms with Crippen LogP contribution in [0.4, 0.5) is 5.69 Å². The molecule has 0 aliphatic carbocycles. The third-order valence-electron chi connectivity index (χ3n) is 5.01. The van der Waals surface area contributed by atoms with Gasteiger partial charge >= 0.3 is 5.97 Å². The molecule has 7 nitrogen and oxygen atoms in total. The summed E-state index contributed by atoms with van der Waals surface area (Å²) in [7, 11) is 1.25. The molecular weight excluding hydrogens is 344 g/mol. The number of aromatic nitrogens is 1. The number of rotatable bonds is 3. The second-order valence-corrected chi connectivity index (χ2v) is 6.77. The van der Waals surface area contributed by atoms with Crippen LogP contribution in [-0.2, 0) is 4.74 Å². The van der Waals surface area contributed by atoms with Gasteiger partial charge in [-0.2, -0.15) is 5.26 Å². The van der Waals surface area contributed by atoms with Crippen molar-refractivity contribution >= 4 is 17.6 Å². The van der Waals surface area contributed by atoms with Gasteiger partial charge in [0.1, 0.15) is 6.07 Å². The number of benzene rings is 1. The fraction of sp³-hybridized carbons (Fsp3) is 0.350. The molecular formula is C20H22N4O3. The van der Waals surface area contributed by atoms with Crippen molar-refractivity contribution in [2.24, 2.45) is 5.92 Å². The number of methoxy groups -OCH3 is 1. The summed E-state index contributed by atoms with van der Waals surface area (Å²) in [5.41, 5.74) is 7.16. The van der Waals surface area contributed by atoms with E-state index in [1.54, 1.807) is 24.3 Å².